The smallest absolute Gasteiger partial charge is 0.101 e. The molecule has 1 aromatic carbocycles. The maximum absolute atomic E-state index is 8.84. The molecule has 18 heavy (non-hydrogen) atoms. The number of nitrogens with zero attached hydrogens (tertiary/aromatic N) is 1. The fourth-order valence-electron chi connectivity index (χ4n) is 2.67. The van der Waals surface area contributed by atoms with Gasteiger partial charge < -0.3 is 11.1 Å². The molecule has 0 saturated heterocycles. The van der Waals surface area contributed by atoms with E-state index in [0.29, 0.717) is 17.3 Å². The summed E-state index contributed by atoms with van der Waals surface area (Å²) >= 11 is 0. The van der Waals surface area contributed by atoms with Crippen LogP contribution in [0.2, 0.25) is 0 Å². The number of nitrogens with one attached hydrogen (secondary N) is 1. The lowest BCUT2D eigenvalue weighted by molar-refractivity contribution is 0.261. The third kappa shape index (κ3) is 2.76. The van der Waals surface area contributed by atoms with Gasteiger partial charge in [0.2, 0.25) is 0 Å². The molecule has 96 valence electrons. The molecule has 0 bridgehead atoms. The molecule has 0 amide bonds. The van der Waals surface area contributed by atoms with Crippen molar-refractivity contribution >= 4 is 11.4 Å². The van der Waals surface area contributed by atoms with Crippen molar-refractivity contribution in [2.24, 2.45) is 11.8 Å². The second-order valence-electron chi connectivity index (χ2n) is 5.52. The highest BCUT2D eigenvalue weighted by Crippen LogP contribution is 2.31. The summed E-state index contributed by atoms with van der Waals surface area (Å²) in [4.78, 5) is 0. The number of nitrogens with two attached hydrogens (primary N) is 1. The Morgan fingerprint density at radius 1 is 1.28 bits per heavy atom. The second kappa shape index (κ2) is 5.30. The molecule has 3 unspecified atom stereocenters. The molecule has 1 aliphatic rings. The molecule has 0 aromatic heterocycles. The molecule has 1 aromatic rings. The molecule has 2 rings (SSSR count). The number of hydrogen-bond acceptors (Lipinski definition) is 3. The number of benzene rings is 1. The number of nitriles is 1. The topological polar surface area (TPSA) is 61.8 Å². The van der Waals surface area contributed by atoms with Crippen LogP contribution < -0.4 is 11.1 Å². The minimum atomic E-state index is 0.531. The summed E-state index contributed by atoms with van der Waals surface area (Å²) in [6.07, 6.45) is 3.71. The lowest BCUT2D eigenvalue weighted by Gasteiger charge is -2.33. The molecule has 0 heterocycles. The fourth-order valence-corrected chi connectivity index (χ4v) is 2.67. The van der Waals surface area contributed by atoms with Crippen molar-refractivity contribution in [2.75, 3.05) is 11.1 Å². The van der Waals surface area contributed by atoms with Crippen LogP contribution in [0.1, 0.15) is 38.7 Å². The Labute approximate surface area is 109 Å². The van der Waals surface area contributed by atoms with Crippen molar-refractivity contribution in [1.82, 2.24) is 0 Å². The lowest BCUT2D eigenvalue weighted by atomic mass is 9.79. The molecular formula is C15H21N3. The summed E-state index contributed by atoms with van der Waals surface area (Å²) in [5.74, 6) is 1.60. The van der Waals surface area contributed by atoms with Gasteiger partial charge in [-0.3, -0.25) is 0 Å². The Kier molecular flexibility index (Phi) is 3.76. The first-order valence-electron chi connectivity index (χ1n) is 6.66. The zero-order valence-corrected chi connectivity index (χ0v) is 11.1. The van der Waals surface area contributed by atoms with Crippen LogP contribution in [-0.2, 0) is 0 Å². The third-order valence-electron chi connectivity index (χ3n) is 4.14. The third-order valence-corrected chi connectivity index (χ3v) is 4.14. The van der Waals surface area contributed by atoms with Gasteiger partial charge in [-0.05, 0) is 49.3 Å². The van der Waals surface area contributed by atoms with Crippen LogP contribution >= 0.6 is 0 Å². The highest BCUT2D eigenvalue weighted by molar-refractivity contribution is 5.62. The van der Waals surface area contributed by atoms with E-state index in [2.05, 4.69) is 25.2 Å². The largest absolute Gasteiger partial charge is 0.398 e. The minimum absolute atomic E-state index is 0.531. The van der Waals surface area contributed by atoms with Gasteiger partial charge in [-0.15, -0.1) is 0 Å². The van der Waals surface area contributed by atoms with Gasteiger partial charge in [0.15, 0.2) is 0 Å². The van der Waals surface area contributed by atoms with Gasteiger partial charge in [-0.1, -0.05) is 13.8 Å². The van der Waals surface area contributed by atoms with Gasteiger partial charge in [0.1, 0.15) is 6.07 Å². The van der Waals surface area contributed by atoms with Crippen LogP contribution in [0.3, 0.4) is 0 Å². The lowest BCUT2D eigenvalue weighted by Crippen LogP contribution is -2.30. The monoisotopic (exact) mass is 243 g/mol. The standard InChI is InChI=1S/C15H21N3/c1-10-3-5-13(7-11(10)2)18-14-6-4-12(9-16)15(17)8-14/h4,6,8,10-11,13,18H,3,5,7,17H2,1-2H3. The Morgan fingerprint density at radius 3 is 2.67 bits per heavy atom. The van der Waals surface area contributed by atoms with Crippen LogP contribution in [0, 0.1) is 23.2 Å². The number of nitrogen functional groups attached to an aromatic ring is 1. The molecular weight excluding hydrogens is 222 g/mol. The van der Waals surface area contributed by atoms with E-state index in [4.69, 9.17) is 11.0 Å². The zero-order valence-electron chi connectivity index (χ0n) is 11.1. The molecule has 0 aliphatic heterocycles. The summed E-state index contributed by atoms with van der Waals surface area (Å²) in [5, 5.41) is 12.4. The van der Waals surface area contributed by atoms with Crippen molar-refractivity contribution < 1.29 is 0 Å². The number of hydrogen-bond donors (Lipinski definition) is 2. The molecule has 1 aliphatic carbocycles. The predicted octanol–water partition coefficient (Wildman–Crippen LogP) is 3.38. The van der Waals surface area contributed by atoms with Gasteiger partial charge in [-0.2, -0.15) is 5.26 Å². The van der Waals surface area contributed by atoms with Crippen LogP contribution in [0.15, 0.2) is 18.2 Å². The second-order valence-corrected chi connectivity index (χ2v) is 5.52. The average Bonchev–Trinajstić information content (AvgIpc) is 2.34. The highest BCUT2D eigenvalue weighted by atomic mass is 14.9. The fraction of sp³-hybridized carbons (Fsp3) is 0.533. The van der Waals surface area contributed by atoms with Crippen molar-refractivity contribution in [3.8, 4) is 6.07 Å². The minimum Gasteiger partial charge on any atom is -0.398 e. The molecule has 3 nitrogen and oxygen atoms in total. The van der Waals surface area contributed by atoms with E-state index in [0.717, 1.165) is 17.5 Å². The van der Waals surface area contributed by atoms with Crippen LogP contribution in [0.5, 0.6) is 0 Å². The first kappa shape index (κ1) is 12.8. The first-order chi connectivity index (χ1) is 8.60. The van der Waals surface area contributed by atoms with E-state index >= 15 is 0 Å². The SMILES string of the molecule is CC1CCC(Nc2ccc(C#N)c(N)c2)CC1C. The van der Waals surface area contributed by atoms with Crippen molar-refractivity contribution in [3.05, 3.63) is 23.8 Å². The number of anilines is 2. The van der Waals surface area contributed by atoms with Gasteiger partial charge >= 0.3 is 0 Å². The molecule has 0 radical (unpaired) electrons. The van der Waals surface area contributed by atoms with E-state index in [-0.39, 0.29) is 0 Å². The maximum atomic E-state index is 8.84. The van der Waals surface area contributed by atoms with E-state index < -0.39 is 0 Å². The summed E-state index contributed by atoms with van der Waals surface area (Å²) in [6, 6.07) is 8.21. The Bertz CT molecular complexity index is 461. The van der Waals surface area contributed by atoms with Gasteiger partial charge in [0.05, 0.1) is 11.3 Å². The molecule has 1 fully saturated rings. The summed E-state index contributed by atoms with van der Waals surface area (Å²) < 4.78 is 0. The van der Waals surface area contributed by atoms with E-state index in [9.17, 15) is 0 Å². The highest BCUT2D eigenvalue weighted by Gasteiger charge is 2.24. The van der Waals surface area contributed by atoms with Gasteiger partial charge in [0.25, 0.3) is 0 Å². The van der Waals surface area contributed by atoms with Crippen LogP contribution in [-0.4, -0.2) is 6.04 Å². The van der Waals surface area contributed by atoms with Crippen LogP contribution in [0.4, 0.5) is 11.4 Å². The predicted molar refractivity (Wildman–Crippen MR) is 75.2 cm³/mol. The molecule has 3 heteroatoms. The van der Waals surface area contributed by atoms with Gasteiger partial charge in [0, 0.05) is 11.7 Å². The maximum Gasteiger partial charge on any atom is 0.101 e. The molecule has 1 saturated carbocycles. The average molecular weight is 243 g/mol. The molecule has 3 atom stereocenters. The number of rotatable bonds is 2. The van der Waals surface area contributed by atoms with E-state index in [1.807, 2.05) is 12.1 Å². The van der Waals surface area contributed by atoms with Crippen molar-refractivity contribution in [1.29, 1.82) is 5.26 Å². The Balaban J connectivity index is 2.02. The normalized spacial score (nSPS) is 27.5. The summed E-state index contributed by atoms with van der Waals surface area (Å²) in [7, 11) is 0. The van der Waals surface area contributed by atoms with Gasteiger partial charge in [-0.25, -0.2) is 0 Å². The Morgan fingerprint density at radius 2 is 2.06 bits per heavy atom. The molecule has 0 spiro atoms. The van der Waals surface area contributed by atoms with Crippen molar-refractivity contribution in [3.63, 3.8) is 0 Å². The summed E-state index contributed by atoms with van der Waals surface area (Å²) in [5.41, 5.74) is 7.95. The quantitative estimate of drug-likeness (QED) is 0.783. The zero-order chi connectivity index (χ0) is 13.1. The summed E-state index contributed by atoms with van der Waals surface area (Å²) in [6.45, 7) is 4.66. The first-order valence-corrected chi connectivity index (χ1v) is 6.66. The van der Waals surface area contributed by atoms with E-state index in [1.54, 1.807) is 6.07 Å². The molecule has 3 N–H and O–H groups in total. The van der Waals surface area contributed by atoms with Crippen LogP contribution in [0.25, 0.3) is 0 Å². The van der Waals surface area contributed by atoms with E-state index in [1.165, 1.54) is 19.3 Å². The Hall–Kier alpha value is -1.69. The van der Waals surface area contributed by atoms with Crippen molar-refractivity contribution in [2.45, 2.75) is 39.2 Å².